The van der Waals surface area contributed by atoms with Crippen LogP contribution in [0.5, 0.6) is 0 Å². The molecule has 0 saturated heterocycles. The van der Waals surface area contributed by atoms with Crippen LogP contribution in [0.2, 0.25) is 20.1 Å². The Balaban J connectivity index is 2.26. The molecule has 25 heavy (non-hydrogen) atoms. The zero-order valence-electron chi connectivity index (χ0n) is 12.8. The third-order valence-electron chi connectivity index (χ3n) is 3.46. The number of hydrogen-bond donors (Lipinski definition) is 0. The maximum atomic E-state index is 11.9. The van der Waals surface area contributed by atoms with Crippen molar-refractivity contribution in [3.8, 4) is 16.9 Å². The predicted octanol–water partition coefficient (Wildman–Crippen LogP) is 5.94. The first-order valence-corrected chi connectivity index (χ1v) is 8.51. The van der Waals surface area contributed by atoms with Crippen LogP contribution in [-0.4, -0.2) is 22.9 Å². The number of rotatable bonds is 3. The van der Waals surface area contributed by atoms with Gasteiger partial charge in [0.15, 0.2) is 5.69 Å². The van der Waals surface area contributed by atoms with Crippen molar-refractivity contribution >= 4 is 52.4 Å². The highest BCUT2D eigenvalue weighted by molar-refractivity contribution is 6.42. The molecule has 0 radical (unpaired) electrons. The minimum absolute atomic E-state index is 0.125. The summed E-state index contributed by atoms with van der Waals surface area (Å²) in [7, 11) is 1.28. The van der Waals surface area contributed by atoms with Crippen LogP contribution in [0.3, 0.4) is 0 Å². The number of carbonyl (C=O) groups excluding carboxylic acids is 1. The van der Waals surface area contributed by atoms with Gasteiger partial charge >= 0.3 is 5.97 Å². The standard InChI is InChI=1S/C17H10Cl4N2O2/c1-25-17(24)14-8-15(9-2-4-11(19)13(21)6-9)23(22-14)16-7-10(18)3-5-12(16)20/h2-8H,1H3. The zero-order valence-corrected chi connectivity index (χ0v) is 15.8. The van der Waals surface area contributed by atoms with Crippen molar-refractivity contribution in [1.82, 2.24) is 9.78 Å². The molecule has 3 rings (SSSR count). The lowest BCUT2D eigenvalue weighted by atomic mass is 10.1. The number of aromatic nitrogens is 2. The summed E-state index contributed by atoms with van der Waals surface area (Å²) in [6, 6.07) is 11.7. The number of nitrogens with zero attached hydrogens (tertiary/aromatic N) is 2. The number of hydrogen-bond acceptors (Lipinski definition) is 3. The molecule has 0 unspecified atom stereocenters. The number of benzene rings is 2. The molecular formula is C17H10Cl4N2O2. The number of ether oxygens (including phenoxy) is 1. The van der Waals surface area contributed by atoms with E-state index in [4.69, 9.17) is 51.1 Å². The number of esters is 1. The Morgan fingerprint density at radius 3 is 2.36 bits per heavy atom. The van der Waals surface area contributed by atoms with Gasteiger partial charge in [-0.3, -0.25) is 0 Å². The quantitative estimate of drug-likeness (QED) is 0.497. The monoisotopic (exact) mass is 414 g/mol. The smallest absolute Gasteiger partial charge is 0.358 e. The lowest BCUT2D eigenvalue weighted by molar-refractivity contribution is 0.0593. The van der Waals surface area contributed by atoms with Gasteiger partial charge in [0.25, 0.3) is 0 Å². The van der Waals surface area contributed by atoms with Crippen molar-refractivity contribution in [2.45, 2.75) is 0 Å². The van der Waals surface area contributed by atoms with Gasteiger partial charge in [-0.1, -0.05) is 52.5 Å². The molecule has 0 aliphatic rings. The van der Waals surface area contributed by atoms with Gasteiger partial charge in [-0.2, -0.15) is 5.10 Å². The molecule has 3 aromatic rings. The summed E-state index contributed by atoms with van der Waals surface area (Å²) in [6.07, 6.45) is 0. The van der Waals surface area contributed by atoms with E-state index in [0.29, 0.717) is 37.0 Å². The van der Waals surface area contributed by atoms with E-state index >= 15 is 0 Å². The Hall–Kier alpha value is -1.72. The first-order valence-electron chi connectivity index (χ1n) is 7.00. The van der Waals surface area contributed by atoms with E-state index in [1.165, 1.54) is 11.8 Å². The summed E-state index contributed by atoms with van der Waals surface area (Å²) in [5, 5.41) is 6.01. The molecule has 2 aromatic carbocycles. The van der Waals surface area contributed by atoms with Gasteiger partial charge in [0.2, 0.25) is 0 Å². The molecule has 0 amide bonds. The Morgan fingerprint density at radius 1 is 0.960 bits per heavy atom. The molecule has 0 spiro atoms. The van der Waals surface area contributed by atoms with Crippen molar-refractivity contribution in [3.63, 3.8) is 0 Å². The highest BCUT2D eigenvalue weighted by Gasteiger charge is 2.19. The first kappa shape index (κ1) is 18.1. The van der Waals surface area contributed by atoms with E-state index in [9.17, 15) is 4.79 Å². The fraction of sp³-hybridized carbons (Fsp3) is 0.0588. The van der Waals surface area contributed by atoms with Crippen LogP contribution in [0.25, 0.3) is 16.9 Å². The van der Waals surface area contributed by atoms with Gasteiger partial charge in [-0.05, 0) is 36.4 Å². The molecule has 1 heterocycles. The van der Waals surface area contributed by atoms with Gasteiger partial charge in [-0.15, -0.1) is 0 Å². The molecule has 0 saturated carbocycles. The van der Waals surface area contributed by atoms with Crippen molar-refractivity contribution < 1.29 is 9.53 Å². The molecule has 0 N–H and O–H groups in total. The summed E-state index contributed by atoms with van der Waals surface area (Å²) in [6.45, 7) is 0. The maximum absolute atomic E-state index is 11.9. The summed E-state index contributed by atoms with van der Waals surface area (Å²) < 4.78 is 6.27. The van der Waals surface area contributed by atoms with Gasteiger partial charge in [0, 0.05) is 10.6 Å². The average Bonchev–Trinajstić information content (AvgIpc) is 3.04. The fourth-order valence-electron chi connectivity index (χ4n) is 2.28. The number of carbonyl (C=O) groups is 1. The van der Waals surface area contributed by atoms with Crippen molar-refractivity contribution in [2.75, 3.05) is 7.11 Å². The predicted molar refractivity (Wildman–Crippen MR) is 100 cm³/mol. The highest BCUT2D eigenvalue weighted by Crippen LogP contribution is 2.33. The second-order valence-electron chi connectivity index (χ2n) is 5.04. The molecule has 1 aromatic heterocycles. The van der Waals surface area contributed by atoms with Gasteiger partial charge in [-0.25, -0.2) is 9.48 Å². The lowest BCUT2D eigenvalue weighted by Crippen LogP contribution is -2.05. The molecule has 0 atom stereocenters. The molecule has 4 nitrogen and oxygen atoms in total. The van der Waals surface area contributed by atoms with E-state index < -0.39 is 5.97 Å². The van der Waals surface area contributed by atoms with Crippen LogP contribution < -0.4 is 0 Å². The normalized spacial score (nSPS) is 10.8. The summed E-state index contributed by atoms with van der Waals surface area (Å²) in [4.78, 5) is 11.9. The largest absolute Gasteiger partial charge is 0.464 e. The summed E-state index contributed by atoms with van der Waals surface area (Å²) >= 11 is 24.5. The van der Waals surface area contributed by atoms with E-state index in [2.05, 4.69) is 5.10 Å². The van der Waals surface area contributed by atoms with Crippen LogP contribution in [0.1, 0.15) is 10.5 Å². The van der Waals surface area contributed by atoms with Gasteiger partial charge in [0.05, 0.1) is 33.6 Å². The zero-order chi connectivity index (χ0) is 18.1. The second kappa shape index (κ2) is 7.26. The van der Waals surface area contributed by atoms with Crippen LogP contribution in [0.15, 0.2) is 42.5 Å². The Kier molecular flexibility index (Phi) is 5.25. The van der Waals surface area contributed by atoms with Crippen molar-refractivity contribution in [1.29, 1.82) is 0 Å². The minimum Gasteiger partial charge on any atom is -0.464 e. The van der Waals surface area contributed by atoms with Crippen LogP contribution in [-0.2, 0) is 4.74 Å². The average molecular weight is 416 g/mol. The highest BCUT2D eigenvalue weighted by atomic mass is 35.5. The minimum atomic E-state index is -0.571. The molecule has 0 bridgehead atoms. The molecular weight excluding hydrogens is 406 g/mol. The molecule has 128 valence electrons. The van der Waals surface area contributed by atoms with E-state index in [1.807, 2.05) is 0 Å². The molecule has 8 heteroatoms. The summed E-state index contributed by atoms with van der Waals surface area (Å²) in [5.74, 6) is -0.571. The Labute approximate surface area is 163 Å². The van der Waals surface area contributed by atoms with E-state index in [-0.39, 0.29) is 5.69 Å². The van der Waals surface area contributed by atoms with Gasteiger partial charge in [0.1, 0.15) is 0 Å². The van der Waals surface area contributed by atoms with Crippen LogP contribution in [0, 0.1) is 0 Å². The summed E-state index contributed by atoms with van der Waals surface area (Å²) in [5.41, 5.74) is 1.93. The van der Waals surface area contributed by atoms with Gasteiger partial charge < -0.3 is 4.74 Å². The Bertz CT molecular complexity index is 969. The SMILES string of the molecule is COC(=O)c1cc(-c2ccc(Cl)c(Cl)c2)n(-c2cc(Cl)ccc2Cl)n1. The Morgan fingerprint density at radius 2 is 1.68 bits per heavy atom. The third-order valence-corrected chi connectivity index (χ3v) is 4.75. The topological polar surface area (TPSA) is 44.1 Å². The molecule has 0 fully saturated rings. The third kappa shape index (κ3) is 3.62. The lowest BCUT2D eigenvalue weighted by Gasteiger charge is -2.10. The maximum Gasteiger partial charge on any atom is 0.358 e. The second-order valence-corrected chi connectivity index (χ2v) is 6.70. The number of methoxy groups -OCH3 is 1. The van der Waals surface area contributed by atoms with Crippen molar-refractivity contribution in [2.24, 2.45) is 0 Å². The van der Waals surface area contributed by atoms with E-state index in [1.54, 1.807) is 42.5 Å². The molecule has 0 aliphatic heterocycles. The van der Waals surface area contributed by atoms with E-state index in [0.717, 1.165) is 0 Å². The fourth-order valence-corrected chi connectivity index (χ4v) is 2.94. The van der Waals surface area contributed by atoms with Crippen molar-refractivity contribution in [3.05, 3.63) is 68.2 Å². The first-order chi connectivity index (χ1) is 11.9. The number of halogens is 4. The molecule has 0 aliphatic carbocycles. The van der Waals surface area contributed by atoms with Crippen LogP contribution >= 0.6 is 46.4 Å². The van der Waals surface area contributed by atoms with Crippen LogP contribution in [0.4, 0.5) is 0 Å².